The van der Waals surface area contributed by atoms with Crippen LogP contribution in [0, 0.1) is 4.91 Å². The number of aromatic hydroxyl groups is 2. The fourth-order valence-electron chi connectivity index (χ4n) is 1.38. The van der Waals surface area contributed by atoms with E-state index in [2.05, 4.69) is 31.1 Å². The highest BCUT2D eigenvalue weighted by Gasteiger charge is 2.07. The molecule has 0 bridgehead atoms. The summed E-state index contributed by atoms with van der Waals surface area (Å²) in [6.07, 6.45) is 2.77. The smallest absolute Gasteiger partial charge is 0.194 e. The predicted molar refractivity (Wildman–Crippen MR) is 74.4 cm³/mol. The molecule has 96 valence electrons. The van der Waals surface area contributed by atoms with E-state index < -0.39 is 0 Å². The van der Waals surface area contributed by atoms with E-state index in [1.807, 2.05) is 0 Å². The molecule has 1 heterocycles. The monoisotopic (exact) mass is 321 g/mol. The molecule has 2 rings (SSSR count). The molecule has 19 heavy (non-hydrogen) atoms. The van der Waals surface area contributed by atoms with Gasteiger partial charge in [-0.15, -0.1) is 4.91 Å². The highest BCUT2D eigenvalue weighted by molar-refractivity contribution is 9.10. The predicted octanol–water partition coefficient (Wildman–Crippen LogP) is 3.40. The second-order valence-electron chi connectivity index (χ2n) is 3.56. The first kappa shape index (κ1) is 13.2. The molecule has 7 heteroatoms. The van der Waals surface area contributed by atoms with Crippen LogP contribution in [0.5, 0.6) is 11.5 Å². The number of pyridine rings is 1. The van der Waals surface area contributed by atoms with Gasteiger partial charge >= 0.3 is 0 Å². The maximum atomic E-state index is 10.5. The zero-order chi connectivity index (χ0) is 13.8. The number of aromatic nitrogens is 1. The molecule has 0 spiro atoms. The third-order valence-corrected chi connectivity index (χ3v) is 2.88. The van der Waals surface area contributed by atoms with Crippen LogP contribution < -0.4 is 0 Å². The number of phenolic OH excluding ortho intramolecular Hbond substituents is 1. The van der Waals surface area contributed by atoms with E-state index in [-0.39, 0.29) is 28.6 Å². The summed E-state index contributed by atoms with van der Waals surface area (Å²) >= 11 is 3.10. The summed E-state index contributed by atoms with van der Waals surface area (Å²) in [6.45, 7) is 0. The van der Waals surface area contributed by atoms with Crippen LogP contribution >= 0.6 is 15.9 Å². The first-order valence-corrected chi connectivity index (χ1v) is 5.95. The van der Waals surface area contributed by atoms with Gasteiger partial charge in [0, 0.05) is 18.0 Å². The van der Waals surface area contributed by atoms with Gasteiger partial charge in [-0.2, -0.15) is 0 Å². The molecule has 0 saturated heterocycles. The van der Waals surface area contributed by atoms with Crippen molar-refractivity contribution in [3.8, 4) is 11.5 Å². The Morgan fingerprint density at radius 1 is 1.32 bits per heavy atom. The maximum absolute atomic E-state index is 10.5. The lowest BCUT2D eigenvalue weighted by Gasteiger charge is -2.02. The topological polar surface area (TPSA) is 95.1 Å². The molecule has 0 saturated carbocycles. The van der Waals surface area contributed by atoms with Gasteiger partial charge in [-0.1, -0.05) is 0 Å². The summed E-state index contributed by atoms with van der Waals surface area (Å²) < 4.78 is 0.330. The highest BCUT2D eigenvalue weighted by atomic mass is 79.9. The minimum absolute atomic E-state index is 0.0772. The van der Waals surface area contributed by atoms with Gasteiger partial charge in [0.05, 0.1) is 4.47 Å². The average molecular weight is 322 g/mol. The standard InChI is InChI=1S/C12H8BrN3O3/c13-9-5-8(16-19)4-7(11(9)18)6-15-12-10(17)2-1-3-14-12/h1-6,17-18H. The van der Waals surface area contributed by atoms with Crippen LogP contribution in [0.1, 0.15) is 5.56 Å². The number of rotatable bonds is 3. The van der Waals surface area contributed by atoms with Gasteiger partial charge in [0.2, 0.25) is 0 Å². The van der Waals surface area contributed by atoms with Gasteiger partial charge in [-0.25, -0.2) is 9.98 Å². The molecule has 0 radical (unpaired) electrons. The van der Waals surface area contributed by atoms with Crippen LogP contribution in [0.2, 0.25) is 0 Å². The highest BCUT2D eigenvalue weighted by Crippen LogP contribution is 2.32. The molecular weight excluding hydrogens is 314 g/mol. The molecule has 2 N–H and O–H groups in total. The van der Waals surface area contributed by atoms with Crippen molar-refractivity contribution in [3.63, 3.8) is 0 Å². The van der Waals surface area contributed by atoms with E-state index in [0.29, 0.717) is 4.47 Å². The first-order chi connectivity index (χ1) is 9.11. The van der Waals surface area contributed by atoms with Gasteiger partial charge in [-0.3, -0.25) is 0 Å². The fourth-order valence-corrected chi connectivity index (χ4v) is 1.84. The van der Waals surface area contributed by atoms with Crippen LogP contribution in [0.3, 0.4) is 0 Å². The van der Waals surface area contributed by atoms with E-state index in [9.17, 15) is 15.1 Å². The third-order valence-electron chi connectivity index (χ3n) is 2.28. The number of aliphatic imine (C=N–C) groups is 1. The van der Waals surface area contributed by atoms with E-state index in [1.54, 1.807) is 6.07 Å². The Morgan fingerprint density at radius 3 is 2.79 bits per heavy atom. The molecule has 0 aliphatic rings. The van der Waals surface area contributed by atoms with Crippen molar-refractivity contribution in [1.29, 1.82) is 0 Å². The van der Waals surface area contributed by atoms with E-state index in [0.717, 1.165) is 0 Å². The minimum atomic E-state index is -0.0815. The van der Waals surface area contributed by atoms with Gasteiger partial charge in [0.15, 0.2) is 11.6 Å². The number of nitrogens with zero attached hydrogens (tertiary/aromatic N) is 3. The van der Waals surface area contributed by atoms with E-state index >= 15 is 0 Å². The molecule has 0 fully saturated rings. The number of phenols is 1. The number of halogens is 1. The Balaban J connectivity index is 2.41. The van der Waals surface area contributed by atoms with Crippen LogP contribution in [-0.4, -0.2) is 21.4 Å². The minimum Gasteiger partial charge on any atom is -0.506 e. The summed E-state index contributed by atoms with van der Waals surface area (Å²) in [4.78, 5) is 18.3. The Kier molecular flexibility index (Phi) is 3.86. The Bertz CT molecular complexity index is 659. The third kappa shape index (κ3) is 2.94. The Hall–Kier alpha value is -2.28. The van der Waals surface area contributed by atoms with Crippen molar-refractivity contribution in [2.75, 3.05) is 0 Å². The molecule has 0 atom stereocenters. The summed E-state index contributed by atoms with van der Waals surface area (Å²) in [6, 6.07) is 5.77. The molecular formula is C12H8BrN3O3. The van der Waals surface area contributed by atoms with Crippen molar-refractivity contribution in [1.82, 2.24) is 4.98 Å². The molecule has 1 aromatic carbocycles. The largest absolute Gasteiger partial charge is 0.506 e. The van der Waals surface area contributed by atoms with Crippen molar-refractivity contribution >= 4 is 33.6 Å². The van der Waals surface area contributed by atoms with Crippen LogP contribution in [0.4, 0.5) is 11.5 Å². The number of hydrogen-bond donors (Lipinski definition) is 2. The molecule has 6 nitrogen and oxygen atoms in total. The van der Waals surface area contributed by atoms with Gasteiger partial charge in [0.25, 0.3) is 0 Å². The zero-order valence-electron chi connectivity index (χ0n) is 9.49. The number of nitroso groups, excluding NO2 is 1. The molecule has 0 aliphatic heterocycles. The fraction of sp³-hybridized carbons (Fsp3) is 0. The summed E-state index contributed by atoms with van der Waals surface area (Å²) in [7, 11) is 0. The van der Waals surface area contributed by atoms with Crippen molar-refractivity contribution in [3.05, 3.63) is 45.4 Å². The van der Waals surface area contributed by atoms with Crippen LogP contribution in [0.15, 0.2) is 45.1 Å². The molecule has 0 aliphatic carbocycles. The number of hydrogen-bond acceptors (Lipinski definition) is 6. The second-order valence-corrected chi connectivity index (χ2v) is 4.42. The SMILES string of the molecule is O=Nc1cc(Br)c(O)c(C=Nc2ncccc2O)c1. The van der Waals surface area contributed by atoms with Crippen molar-refractivity contribution in [2.24, 2.45) is 10.2 Å². The van der Waals surface area contributed by atoms with Gasteiger partial charge < -0.3 is 10.2 Å². The zero-order valence-corrected chi connectivity index (χ0v) is 11.1. The maximum Gasteiger partial charge on any atom is 0.194 e. The quantitative estimate of drug-likeness (QED) is 0.669. The number of benzene rings is 1. The molecule has 0 unspecified atom stereocenters. The van der Waals surface area contributed by atoms with E-state index in [4.69, 9.17) is 0 Å². The van der Waals surface area contributed by atoms with Crippen molar-refractivity contribution < 1.29 is 10.2 Å². The Labute approximate surface area is 116 Å². The molecule has 0 amide bonds. The second kappa shape index (κ2) is 5.57. The lowest BCUT2D eigenvalue weighted by atomic mass is 10.2. The van der Waals surface area contributed by atoms with Crippen molar-refractivity contribution in [2.45, 2.75) is 0 Å². The first-order valence-electron chi connectivity index (χ1n) is 5.15. The van der Waals surface area contributed by atoms with E-state index in [1.165, 1.54) is 30.6 Å². The summed E-state index contributed by atoms with van der Waals surface area (Å²) in [5.41, 5.74) is 0.436. The normalized spacial score (nSPS) is 10.8. The Morgan fingerprint density at radius 2 is 2.11 bits per heavy atom. The lowest BCUT2D eigenvalue weighted by Crippen LogP contribution is -1.84. The summed E-state index contributed by atoms with van der Waals surface area (Å²) in [5.74, 6) is -0.0453. The average Bonchev–Trinajstić information content (AvgIpc) is 2.42. The van der Waals surface area contributed by atoms with Crippen LogP contribution in [0.25, 0.3) is 0 Å². The molecule has 1 aromatic heterocycles. The summed E-state index contributed by atoms with van der Waals surface area (Å²) in [5, 5.41) is 22.1. The van der Waals surface area contributed by atoms with Gasteiger partial charge in [-0.05, 0) is 45.4 Å². The molecule has 2 aromatic rings. The van der Waals surface area contributed by atoms with Crippen LogP contribution in [-0.2, 0) is 0 Å². The lowest BCUT2D eigenvalue weighted by molar-refractivity contribution is 0.470. The van der Waals surface area contributed by atoms with Gasteiger partial charge in [0.1, 0.15) is 11.4 Å².